The third kappa shape index (κ3) is 3.79. The van der Waals surface area contributed by atoms with Crippen LogP contribution in [0.5, 0.6) is 0 Å². The molecule has 2 saturated heterocycles. The lowest BCUT2D eigenvalue weighted by molar-refractivity contribution is -0.0703. The van der Waals surface area contributed by atoms with E-state index in [4.69, 9.17) is 4.74 Å². The Balaban J connectivity index is 1.30. The fraction of sp³-hybridized carbons (Fsp3) is 0.588. The number of ether oxygens (including phenoxy) is 1. The summed E-state index contributed by atoms with van der Waals surface area (Å²) in [6.45, 7) is 2.34. The van der Waals surface area contributed by atoms with Gasteiger partial charge in [-0.3, -0.25) is 4.98 Å². The van der Waals surface area contributed by atoms with Crippen molar-refractivity contribution in [1.29, 1.82) is 0 Å². The molecule has 0 radical (unpaired) electrons. The van der Waals surface area contributed by atoms with Crippen LogP contribution in [0.15, 0.2) is 30.7 Å². The monoisotopic (exact) mass is 345 g/mol. The van der Waals surface area contributed by atoms with Crippen LogP contribution in [0.2, 0.25) is 0 Å². The SMILES string of the molecule is c1cncc(Cn2cc(CNC3CCOC4(CCSC4)C3)nn2)c1. The van der Waals surface area contributed by atoms with Crippen molar-refractivity contribution in [3.05, 3.63) is 42.0 Å². The van der Waals surface area contributed by atoms with Crippen LogP contribution in [0.1, 0.15) is 30.5 Å². The van der Waals surface area contributed by atoms with Crippen molar-refractivity contribution < 1.29 is 4.74 Å². The maximum absolute atomic E-state index is 6.08. The van der Waals surface area contributed by atoms with Crippen LogP contribution in [0, 0.1) is 0 Å². The third-order valence-electron chi connectivity index (χ3n) is 4.79. The summed E-state index contributed by atoms with van der Waals surface area (Å²) >= 11 is 2.02. The van der Waals surface area contributed by atoms with Gasteiger partial charge in [0.1, 0.15) is 0 Å². The summed E-state index contributed by atoms with van der Waals surface area (Å²) in [6.07, 6.45) is 9.04. The Morgan fingerprint density at radius 3 is 3.29 bits per heavy atom. The largest absolute Gasteiger partial charge is 0.374 e. The van der Waals surface area contributed by atoms with Crippen molar-refractivity contribution in [2.24, 2.45) is 0 Å². The first-order valence-electron chi connectivity index (χ1n) is 8.54. The zero-order chi connectivity index (χ0) is 16.2. The van der Waals surface area contributed by atoms with E-state index in [-0.39, 0.29) is 5.60 Å². The lowest BCUT2D eigenvalue weighted by atomic mass is 9.90. The summed E-state index contributed by atoms with van der Waals surface area (Å²) in [7, 11) is 0. The van der Waals surface area contributed by atoms with Gasteiger partial charge in [0.05, 0.1) is 24.0 Å². The van der Waals surface area contributed by atoms with E-state index in [0.29, 0.717) is 12.6 Å². The molecule has 0 aliphatic carbocycles. The lowest BCUT2D eigenvalue weighted by Crippen LogP contribution is -2.47. The van der Waals surface area contributed by atoms with Gasteiger partial charge in [0.25, 0.3) is 0 Å². The van der Waals surface area contributed by atoms with Crippen LogP contribution < -0.4 is 5.32 Å². The number of hydrogen-bond donors (Lipinski definition) is 1. The van der Waals surface area contributed by atoms with Gasteiger partial charge in [-0.15, -0.1) is 5.10 Å². The van der Waals surface area contributed by atoms with E-state index in [1.807, 2.05) is 41.0 Å². The first-order chi connectivity index (χ1) is 11.8. The van der Waals surface area contributed by atoms with E-state index >= 15 is 0 Å². The van der Waals surface area contributed by atoms with Gasteiger partial charge in [0.15, 0.2) is 0 Å². The van der Waals surface area contributed by atoms with Gasteiger partial charge >= 0.3 is 0 Å². The number of nitrogens with one attached hydrogen (secondary N) is 1. The van der Waals surface area contributed by atoms with Gasteiger partial charge in [-0.2, -0.15) is 11.8 Å². The van der Waals surface area contributed by atoms with Crippen LogP contribution >= 0.6 is 11.8 Å². The highest BCUT2D eigenvalue weighted by atomic mass is 32.2. The minimum atomic E-state index is 0.124. The van der Waals surface area contributed by atoms with Gasteiger partial charge in [0, 0.05) is 37.3 Å². The number of rotatable bonds is 5. The molecule has 6 nitrogen and oxygen atoms in total. The molecule has 1 N–H and O–H groups in total. The Bertz CT molecular complexity index is 656. The van der Waals surface area contributed by atoms with Crippen molar-refractivity contribution in [2.45, 2.75) is 44.0 Å². The highest BCUT2D eigenvalue weighted by molar-refractivity contribution is 7.99. The molecule has 2 unspecified atom stereocenters. The molecule has 2 fully saturated rings. The van der Waals surface area contributed by atoms with Gasteiger partial charge < -0.3 is 10.1 Å². The van der Waals surface area contributed by atoms with Crippen LogP contribution in [0.25, 0.3) is 0 Å². The maximum Gasteiger partial charge on any atom is 0.0965 e. The average molecular weight is 345 g/mol. The molecule has 128 valence electrons. The molecule has 0 aromatic carbocycles. The molecule has 2 aliphatic heterocycles. The normalized spacial score (nSPS) is 26.9. The Morgan fingerprint density at radius 2 is 2.46 bits per heavy atom. The molecule has 2 aromatic heterocycles. The molecule has 2 aromatic rings. The number of thioether (sulfide) groups is 1. The Hall–Kier alpha value is -1.44. The van der Waals surface area contributed by atoms with E-state index in [1.54, 1.807) is 6.20 Å². The van der Waals surface area contributed by atoms with Crippen LogP contribution in [-0.4, -0.2) is 49.7 Å². The second-order valence-electron chi connectivity index (χ2n) is 6.67. The van der Waals surface area contributed by atoms with Crippen molar-refractivity contribution in [2.75, 3.05) is 18.1 Å². The maximum atomic E-state index is 6.08. The topological polar surface area (TPSA) is 64.9 Å². The second-order valence-corrected chi connectivity index (χ2v) is 7.78. The average Bonchev–Trinajstić information content (AvgIpc) is 3.24. The zero-order valence-electron chi connectivity index (χ0n) is 13.7. The molecule has 0 bridgehead atoms. The molecule has 4 heterocycles. The van der Waals surface area contributed by atoms with E-state index in [2.05, 4.69) is 20.6 Å². The first-order valence-corrected chi connectivity index (χ1v) is 9.70. The van der Waals surface area contributed by atoms with Crippen molar-refractivity contribution >= 4 is 11.8 Å². The fourth-order valence-electron chi connectivity index (χ4n) is 3.49. The molecule has 7 heteroatoms. The molecule has 24 heavy (non-hydrogen) atoms. The molecular weight excluding hydrogens is 322 g/mol. The molecule has 1 spiro atoms. The summed E-state index contributed by atoms with van der Waals surface area (Å²) in [5.41, 5.74) is 2.24. The highest BCUT2D eigenvalue weighted by Crippen LogP contribution is 2.38. The summed E-state index contributed by atoms with van der Waals surface area (Å²) in [6, 6.07) is 4.51. The second kappa shape index (κ2) is 7.21. The van der Waals surface area contributed by atoms with Crippen LogP contribution in [0.3, 0.4) is 0 Å². The van der Waals surface area contributed by atoms with E-state index < -0.39 is 0 Å². The van der Waals surface area contributed by atoms with Gasteiger partial charge in [-0.05, 0) is 36.6 Å². The van der Waals surface area contributed by atoms with Gasteiger partial charge in [-0.25, -0.2) is 4.68 Å². The highest BCUT2D eigenvalue weighted by Gasteiger charge is 2.40. The summed E-state index contributed by atoms with van der Waals surface area (Å²) in [5.74, 6) is 2.38. The van der Waals surface area contributed by atoms with Gasteiger partial charge in [0.2, 0.25) is 0 Å². The quantitative estimate of drug-likeness (QED) is 0.892. The molecule has 4 rings (SSSR count). The Morgan fingerprint density at radius 1 is 1.46 bits per heavy atom. The Labute approximate surface area is 146 Å². The molecule has 0 amide bonds. The summed E-state index contributed by atoms with van der Waals surface area (Å²) < 4.78 is 7.95. The molecule has 2 aliphatic rings. The molecule has 0 saturated carbocycles. The third-order valence-corrected chi connectivity index (χ3v) is 6.01. The predicted octanol–water partition coefficient (Wildman–Crippen LogP) is 1.87. The van der Waals surface area contributed by atoms with Crippen molar-refractivity contribution in [1.82, 2.24) is 25.3 Å². The standard InChI is InChI=1S/C17H23N5OS/c1-2-14(9-18-5-1)11-22-12-16(20-21-22)10-19-15-3-6-23-17(8-15)4-7-24-13-17/h1-2,5,9,12,15,19H,3-4,6-8,10-11,13H2. The first kappa shape index (κ1) is 16.1. The fourth-order valence-corrected chi connectivity index (χ4v) is 4.87. The van der Waals surface area contributed by atoms with E-state index in [1.165, 1.54) is 12.2 Å². The smallest absolute Gasteiger partial charge is 0.0965 e. The van der Waals surface area contributed by atoms with Gasteiger partial charge in [-0.1, -0.05) is 11.3 Å². The molecule has 2 atom stereocenters. The number of pyridine rings is 1. The number of aromatic nitrogens is 4. The van der Waals surface area contributed by atoms with Crippen molar-refractivity contribution in [3.8, 4) is 0 Å². The molecular formula is C17H23N5OS. The van der Waals surface area contributed by atoms with Crippen LogP contribution in [-0.2, 0) is 17.8 Å². The van der Waals surface area contributed by atoms with Crippen LogP contribution in [0.4, 0.5) is 0 Å². The lowest BCUT2D eigenvalue weighted by Gasteiger charge is -2.38. The van der Waals surface area contributed by atoms with E-state index in [9.17, 15) is 0 Å². The zero-order valence-corrected chi connectivity index (χ0v) is 14.5. The summed E-state index contributed by atoms with van der Waals surface area (Å²) in [5, 5.41) is 12.1. The minimum absolute atomic E-state index is 0.124. The van der Waals surface area contributed by atoms with Crippen molar-refractivity contribution in [3.63, 3.8) is 0 Å². The summed E-state index contributed by atoms with van der Waals surface area (Å²) in [4.78, 5) is 4.13. The minimum Gasteiger partial charge on any atom is -0.374 e. The predicted molar refractivity (Wildman–Crippen MR) is 93.8 cm³/mol. The number of nitrogens with zero attached hydrogens (tertiary/aromatic N) is 4. The number of hydrogen-bond acceptors (Lipinski definition) is 6. The van der Waals surface area contributed by atoms with E-state index in [0.717, 1.165) is 43.0 Å². The Kier molecular flexibility index (Phi) is 4.82.